The number of aliphatic imine (C=N–C) groups is 1. The van der Waals surface area contributed by atoms with E-state index in [4.69, 9.17) is 0 Å². The molecule has 0 spiro atoms. The van der Waals surface area contributed by atoms with Gasteiger partial charge in [-0.2, -0.15) is 0 Å². The van der Waals surface area contributed by atoms with Gasteiger partial charge in [-0.15, -0.1) is 0 Å². The zero-order valence-electron chi connectivity index (χ0n) is 10.4. The zero-order valence-corrected chi connectivity index (χ0v) is 12.0. The molecule has 18 heavy (non-hydrogen) atoms. The summed E-state index contributed by atoms with van der Waals surface area (Å²) in [5.74, 6) is 1.08. The van der Waals surface area contributed by atoms with Crippen molar-refractivity contribution in [2.45, 2.75) is 18.9 Å². The van der Waals surface area contributed by atoms with E-state index in [1.807, 2.05) is 0 Å². The summed E-state index contributed by atoms with van der Waals surface area (Å²) in [5.41, 5.74) is 3.01. The van der Waals surface area contributed by atoms with Crippen LogP contribution in [0, 0.1) is 0 Å². The van der Waals surface area contributed by atoms with Crippen molar-refractivity contribution >= 4 is 21.9 Å². The summed E-state index contributed by atoms with van der Waals surface area (Å²) in [6, 6.07) is 9.36. The van der Waals surface area contributed by atoms with E-state index in [9.17, 15) is 0 Å². The maximum Gasteiger partial charge on any atom is 0.194 e. The van der Waals surface area contributed by atoms with Crippen molar-refractivity contribution in [3.63, 3.8) is 0 Å². The largest absolute Gasteiger partial charge is 0.355 e. The molecule has 0 aromatic heterocycles. The third kappa shape index (κ3) is 2.14. The average Bonchev–Trinajstić information content (AvgIpc) is 2.44. The Morgan fingerprint density at radius 1 is 1.39 bits per heavy atom. The van der Waals surface area contributed by atoms with Crippen LogP contribution in [-0.2, 0) is 6.42 Å². The van der Waals surface area contributed by atoms with E-state index in [1.54, 1.807) is 0 Å². The lowest BCUT2D eigenvalue weighted by Gasteiger charge is -2.41. The second kappa shape index (κ2) is 5.31. The molecule has 0 radical (unpaired) electrons. The van der Waals surface area contributed by atoms with Crippen LogP contribution < -0.4 is 5.32 Å². The Morgan fingerprint density at radius 2 is 2.28 bits per heavy atom. The van der Waals surface area contributed by atoms with Crippen LogP contribution >= 0.6 is 15.9 Å². The zero-order chi connectivity index (χ0) is 12.4. The molecule has 2 aliphatic rings. The Balaban J connectivity index is 1.85. The lowest BCUT2D eigenvalue weighted by atomic mass is 9.90. The predicted molar refractivity (Wildman–Crippen MR) is 78.3 cm³/mol. The summed E-state index contributed by atoms with van der Waals surface area (Å²) >= 11 is 3.45. The molecule has 0 amide bonds. The number of rotatable bonds is 2. The Hall–Kier alpha value is -1.03. The van der Waals surface area contributed by atoms with Gasteiger partial charge in [0.15, 0.2) is 5.96 Å². The van der Waals surface area contributed by atoms with Crippen molar-refractivity contribution in [3.8, 4) is 0 Å². The summed E-state index contributed by atoms with van der Waals surface area (Å²) in [4.78, 5) is 7.07. The maximum absolute atomic E-state index is 4.63. The van der Waals surface area contributed by atoms with Crippen molar-refractivity contribution in [3.05, 3.63) is 35.4 Å². The Labute approximate surface area is 116 Å². The van der Waals surface area contributed by atoms with Crippen LogP contribution in [0.4, 0.5) is 0 Å². The molecule has 96 valence electrons. The number of fused-ring (bicyclic) bond motifs is 3. The van der Waals surface area contributed by atoms with Crippen molar-refractivity contribution in [1.29, 1.82) is 0 Å². The van der Waals surface area contributed by atoms with Gasteiger partial charge in [0.25, 0.3) is 0 Å². The molecule has 1 aromatic carbocycles. The summed E-state index contributed by atoms with van der Waals surface area (Å²) in [6.07, 6.45) is 2.26. The number of guanidine groups is 1. The van der Waals surface area contributed by atoms with Gasteiger partial charge in [-0.1, -0.05) is 40.2 Å². The minimum absolute atomic E-state index is 0.519. The highest BCUT2D eigenvalue weighted by molar-refractivity contribution is 9.09. The first kappa shape index (κ1) is 12.0. The topological polar surface area (TPSA) is 27.6 Å². The SMILES string of the molecule is BrCCNC1=NCCC2c3ccccc3CCN12. The van der Waals surface area contributed by atoms with E-state index in [0.29, 0.717) is 6.04 Å². The van der Waals surface area contributed by atoms with E-state index in [-0.39, 0.29) is 0 Å². The van der Waals surface area contributed by atoms with Crippen LogP contribution in [0.5, 0.6) is 0 Å². The minimum atomic E-state index is 0.519. The summed E-state index contributed by atoms with van der Waals surface area (Å²) in [5, 5.41) is 4.39. The number of nitrogens with one attached hydrogen (secondary N) is 1. The number of alkyl halides is 1. The smallest absolute Gasteiger partial charge is 0.194 e. The third-order valence-corrected chi connectivity index (χ3v) is 4.12. The van der Waals surface area contributed by atoms with Gasteiger partial charge in [0.05, 0.1) is 6.04 Å². The molecule has 2 aliphatic heterocycles. The number of halogens is 1. The van der Waals surface area contributed by atoms with Crippen LogP contribution in [0.1, 0.15) is 23.6 Å². The maximum atomic E-state index is 4.63. The fraction of sp³-hybridized carbons (Fsp3) is 0.500. The fourth-order valence-corrected chi connectivity index (χ4v) is 3.11. The summed E-state index contributed by atoms with van der Waals surface area (Å²) < 4.78 is 0. The van der Waals surface area contributed by atoms with Crippen LogP contribution in [0.25, 0.3) is 0 Å². The molecule has 1 N–H and O–H groups in total. The molecule has 4 heteroatoms. The Morgan fingerprint density at radius 3 is 3.17 bits per heavy atom. The van der Waals surface area contributed by atoms with Crippen LogP contribution in [0.2, 0.25) is 0 Å². The second-order valence-corrected chi connectivity index (χ2v) is 5.56. The first-order valence-corrected chi connectivity index (χ1v) is 7.71. The Bertz CT molecular complexity index is 458. The minimum Gasteiger partial charge on any atom is -0.355 e. The third-order valence-electron chi connectivity index (χ3n) is 3.73. The van der Waals surface area contributed by atoms with Gasteiger partial charge in [-0.05, 0) is 24.0 Å². The molecule has 0 bridgehead atoms. The molecular formula is C14H18BrN3. The normalized spacial score (nSPS) is 21.9. The predicted octanol–water partition coefficient (Wildman–Crippen LogP) is 2.33. The van der Waals surface area contributed by atoms with Gasteiger partial charge in [0, 0.05) is 25.0 Å². The lowest BCUT2D eigenvalue weighted by molar-refractivity contribution is 0.263. The molecular weight excluding hydrogens is 290 g/mol. The number of hydrogen-bond donors (Lipinski definition) is 1. The van der Waals surface area contributed by atoms with Gasteiger partial charge >= 0.3 is 0 Å². The highest BCUT2D eigenvalue weighted by Crippen LogP contribution is 2.33. The van der Waals surface area contributed by atoms with Crippen molar-refractivity contribution in [2.24, 2.45) is 4.99 Å². The van der Waals surface area contributed by atoms with E-state index < -0.39 is 0 Å². The molecule has 2 heterocycles. The first-order chi connectivity index (χ1) is 8.90. The van der Waals surface area contributed by atoms with Crippen LogP contribution in [0.15, 0.2) is 29.3 Å². The van der Waals surface area contributed by atoms with Crippen LogP contribution in [-0.4, -0.2) is 35.8 Å². The average molecular weight is 308 g/mol. The van der Waals surface area contributed by atoms with E-state index in [0.717, 1.165) is 43.8 Å². The quantitative estimate of drug-likeness (QED) is 0.849. The molecule has 0 saturated heterocycles. The molecule has 1 atom stereocenters. The fourth-order valence-electron chi connectivity index (χ4n) is 2.92. The monoisotopic (exact) mass is 307 g/mol. The standard InChI is InChI=1S/C14H18BrN3/c15-7-9-17-14-16-8-5-13-12-4-2-1-3-11(12)6-10-18(13)14/h1-4,13H,5-10H2,(H,16,17). The van der Waals surface area contributed by atoms with E-state index >= 15 is 0 Å². The molecule has 3 rings (SSSR count). The van der Waals surface area contributed by atoms with Crippen molar-refractivity contribution in [1.82, 2.24) is 10.2 Å². The van der Waals surface area contributed by atoms with Gasteiger partial charge in [0.2, 0.25) is 0 Å². The van der Waals surface area contributed by atoms with Gasteiger partial charge in [0.1, 0.15) is 0 Å². The van der Waals surface area contributed by atoms with Crippen molar-refractivity contribution < 1.29 is 0 Å². The molecule has 0 fully saturated rings. The molecule has 0 saturated carbocycles. The van der Waals surface area contributed by atoms with Crippen molar-refractivity contribution in [2.75, 3.05) is 25.0 Å². The van der Waals surface area contributed by atoms with E-state index in [2.05, 4.69) is 55.4 Å². The highest BCUT2D eigenvalue weighted by atomic mass is 79.9. The number of hydrogen-bond acceptors (Lipinski definition) is 3. The lowest BCUT2D eigenvalue weighted by Crippen LogP contribution is -2.49. The van der Waals surface area contributed by atoms with Gasteiger partial charge < -0.3 is 10.2 Å². The molecule has 0 aliphatic carbocycles. The molecule has 1 unspecified atom stereocenters. The van der Waals surface area contributed by atoms with Gasteiger partial charge in [-0.3, -0.25) is 4.99 Å². The molecule has 3 nitrogen and oxygen atoms in total. The van der Waals surface area contributed by atoms with Gasteiger partial charge in [-0.25, -0.2) is 0 Å². The number of benzene rings is 1. The van der Waals surface area contributed by atoms with E-state index in [1.165, 1.54) is 11.1 Å². The summed E-state index contributed by atoms with van der Waals surface area (Å²) in [6.45, 7) is 2.94. The Kier molecular flexibility index (Phi) is 3.55. The highest BCUT2D eigenvalue weighted by Gasteiger charge is 2.31. The second-order valence-electron chi connectivity index (χ2n) is 4.77. The number of nitrogens with zero attached hydrogens (tertiary/aromatic N) is 2. The summed E-state index contributed by atoms with van der Waals surface area (Å²) in [7, 11) is 0. The van der Waals surface area contributed by atoms with Crippen LogP contribution in [0.3, 0.4) is 0 Å². The molecule has 1 aromatic rings. The first-order valence-electron chi connectivity index (χ1n) is 6.59.